The monoisotopic (exact) mass is 377 g/mol. The molecule has 3 rings (SSSR count). The number of thiazole rings is 1. The second-order valence-electron chi connectivity index (χ2n) is 5.25. The average Bonchev–Trinajstić information content (AvgIpc) is 3.06. The number of aromatic nitrogens is 2. The molecule has 0 fully saturated rings. The summed E-state index contributed by atoms with van der Waals surface area (Å²) in [5.74, 6) is 0.351. The molecular formula is C17H16FN3O2S2. The smallest absolute Gasteiger partial charge is 0.258 e. The van der Waals surface area contributed by atoms with Crippen LogP contribution in [-0.2, 0) is 10.5 Å². The molecule has 3 aromatic rings. The Morgan fingerprint density at radius 1 is 1.36 bits per heavy atom. The minimum absolute atomic E-state index is 0.0620. The van der Waals surface area contributed by atoms with Crippen molar-refractivity contribution < 1.29 is 9.18 Å². The van der Waals surface area contributed by atoms with E-state index in [0.29, 0.717) is 28.6 Å². The SMILES string of the molecule is CCN(C(=O)CSCc1cc(=O)n2ccsc2n1)c1ccc(F)cc1. The van der Waals surface area contributed by atoms with Crippen molar-refractivity contribution in [3.8, 4) is 0 Å². The number of rotatable bonds is 6. The summed E-state index contributed by atoms with van der Waals surface area (Å²) in [4.78, 5) is 31.0. The molecule has 1 aromatic carbocycles. The number of hydrogen-bond donors (Lipinski definition) is 0. The summed E-state index contributed by atoms with van der Waals surface area (Å²) in [6.07, 6.45) is 1.69. The van der Waals surface area contributed by atoms with Crippen molar-refractivity contribution in [1.29, 1.82) is 0 Å². The van der Waals surface area contributed by atoms with Crippen molar-refractivity contribution in [2.45, 2.75) is 12.7 Å². The normalized spacial score (nSPS) is 11.0. The predicted molar refractivity (Wildman–Crippen MR) is 99.9 cm³/mol. The van der Waals surface area contributed by atoms with E-state index in [-0.39, 0.29) is 23.0 Å². The molecule has 0 radical (unpaired) electrons. The van der Waals surface area contributed by atoms with Crippen LogP contribution in [0.3, 0.4) is 0 Å². The van der Waals surface area contributed by atoms with Gasteiger partial charge in [0.1, 0.15) is 5.82 Å². The van der Waals surface area contributed by atoms with E-state index in [9.17, 15) is 14.0 Å². The number of fused-ring (bicyclic) bond motifs is 1. The van der Waals surface area contributed by atoms with Gasteiger partial charge in [-0.25, -0.2) is 9.37 Å². The molecule has 0 aliphatic rings. The maximum Gasteiger partial charge on any atom is 0.258 e. The average molecular weight is 377 g/mol. The van der Waals surface area contributed by atoms with Crippen molar-refractivity contribution in [3.05, 3.63) is 63.8 Å². The molecular weight excluding hydrogens is 361 g/mol. The van der Waals surface area contributed by atoms with E-state index in [0.717, 1.165) is 0 Å². The number of anilines is 1. The number of carbonyl (C=O) groups excluding carboxylic acids is 1. The standard InChI is InChI=1S/C17H16FN3O2S2/c1-2-20(14-5-3-12(18)4-6-14)16(23)11-24-10-13-9-15(22)21-7-8-25-17(21)19-13/h3-9H,2,10-11H2,1H3. The first-order valence-corrected chi connectivity index (χ1v) is 9.71. The Labute approximate surface area is 152 Å². The lowest BCUT2D eigenvalue weighted by atomic mass is 10.3. The van der Waals surface area contributed by atoms with Crippen LogP contribution in [0, 0.1) is 5.82 Å². The molecule has 0 spiro atoms. The molecule has 25 heavy (non-hydrogen) atoms. The van der Waals surface area contributed by atoms with Gasteiger partial charge in [-0.2, -0.15) is 0 Å². The Hall–Kier alpha value is -2.19. The molecule has 0 saturated heterocycles. The number of nitrogens with zero attached hydrogens (tertiary/aromatic N) is 3. The van der Waals surface area contributed by atoms with E-state index in [2.05, 4.69) is 4.98 Å². The minimum atomic E-state index is -0.331. The molecule has 0 saturated carbocycles. The van der Waals surface area contributed by atoms with E-state index in [4.69, 9.17) is 0 Å². The zero-order chi connectivity index (χ0) is 17.8. The number of halogens is 1. The van der Waals surface area contributed by atoms with Gasteiger partial charge in [0.05, 0.1) is 11.4 Å². The van der Waals surface area contributed by atoms with Crippen LogP contribution in [0.5, 0.6) is 0 Å². The van der Waals surface area contributed by atoms with E-state index in [1.807, 2.05) is 12.3 Å². The Bertz CT molecular complexity index is 937. The highest BCUT2D eigenvalue weighted by Crippen LogP contribution is 2.18. The van der Waals surface area contributed by atoms with Gasteiger partial charge in [0.2, 0.25) is 5.91 Å². The van der Waals surface area contributed by atoms with Crippen LogP contribution in [0.4, 0.5) is 10.1 Å². The maximum absolute atomic E-state index is 13.0. The number of amides is 1. The number of benzene rings is 1. The quantitative estimate of drug-likeness (QED) is 0.662. The number of hydrogen-bond acceptors (Lipinski definition) is 5. The van der Waals surface area contributed by atoms with Gasteiger partial charge in [-0.15, -0.1) is 23.1 Å². The van der Waals surface area contributed by atoms with Gasteiger partial charge >= 0.3 is 0 Å². The van der Waals surface area contributed by atoms with E-state index in [1.54, 1.807) is 23.2 Å². The van der Waals surface area contributed by atoms with Gasteiger partial charge in [0.25, 0.3) is 5.56 Å². The van der Waals surface area contributed by atoms with Gasteiger partial charge in [-0.05, 0) is 31.2 Å². The van der Waals surface area contributed by atoms with Crippen LogP contribution in [0.2, 0.25) is 0 Å². The van der Waals surface area contributed by atoms with Crippen LogP contribution < -0.4 is 10.5 Å². The van der Waals surface area contributed by atoms with Crippen molar-refractivity contribution in [2.75, 3.05) is 17.2 Å². The molecule has 130 valence electrons. The lowest BCUT2D eigenvalue weighted by Gasteiger charge is -2.20. The highest BCUT2D eigenvalue weighted by atomic mass is 32.2. The van der Waals surface area contributed by atoms with Crippen LogP contribution in [-0.4, -0.2) is 27.6 Å². The molecule has 0 aliphatic heterocycles. The minimum Gasteiger partial charge on any atom is -0.312 e. The molecule has 0 atom stereocenters. The maximum atomic E-state index is 13.0. The zero-order valence-electron chi connectivity index (χ0n) is 13.5. The summed E-state index contributed by atoms with van der Waals surface area (Å²) < 4.78 is 14.5. The molecule has 8 heteroatoms. The predicted octanol–water partition coefficient (Wildman–Crippen LogP) is 3.18. The molecule has 0 bridgehead atoms. The summed E-state index contributed by atoms with van der Waals surface area (Å²) in [7, 11) is 0. The molecule has 0 N–H and O–H groups in total. The summed E-state index contributed by atoms with van der Waals surface area (Å²) in [6, 6.07) is 7.36. The summed E-state index contributed by atoms with van der Waals surface area (Å²) in [5.41, 5.74) is 1.22. The summed E-state index contributed by atoms with van der Waals surface area (Å²) >= 11 is 2.80. The lowest BCUT2D eigenvalue weighted by molar-refractivity contribution is -0.116. The Morgan fingerprint density at radius 2 is 2.12 bits per heavy atom. The highest BCUT2D eigenvalue weighted by Gasteiger charge is 2.14. The molecule has 2 aromatic heterocycles. The first-order chi connectivity index (χ1) is 12.1. The van der Waals surface area contributed by atoms with Crippen LogP contribution in [0.1, 0.15) is 12.6 Å². The van der Waals surface area contributed by atoms with Crippen molar-refractivity contribution in [1.82, 2.24) is 9.38 Å². The number of carbonyl (C=O) groups is 1. The Balaban J connectivity index is 1.62. The lowest BCUT2D eigenvalue weighted by Crippen LogP contribution is -2.32. The van der Waals surface area contributed by atoms with Gasteiger partial charge in [-0.1, -0.05) is 0 Å². The third-order valence-corrected chi connectivity index (χ3v) is 5.29. The van der Waals surface area contributed by atoms with Gasteiger partial charge in [0, 0.05) is 35.6 Å². The van der Waals surface area contributed by atoms with Crippen LogP contribution in [0.15, 0.2) is 46.7 Å². The van der Waals surface area contributed by atoms with Crippen molar-refractivity contribution in [2.24, 2.45) is 0 Å². The second kappa shape index (κ2) is 7.79. The molecule has 0 aliphatic carbocycles. The fourth-order valence-corrected chi connectivity index (χ4v) is 3.93. The number of thioether (sulfide) groups is 1. The summed E-state index contributed by atoms with van der Waals surface area (Å²) in [6.45, 7) is 2.38. The van der Waals surface area contributed by atoms with E-state index < -0.39 is 0 Å². The Kier molecular flexibility index (Phi) is 5.50. The van der Waals surface area contributed by atoms with E-state index in [1.165, 1.54) is 45.7 Å². The first kappa shape index (κ1) is 17.6. The van der Waals surface area contributed by atoms with Crippen molar-refractivity contribution >= 4 is 39.7 Å². The molecule has 0 unspecified atom stereocenters. The second-order valence-corrected chi connectivity index (χ2v) is 7.11. The third-order valence-electron chi connectivity index (χ3n) is 3.59. The first-order valence-electron chi connectivity index (χ1n) is 7.68. The fourth-order valence-electron chi connectivity index (χ4n) is 2.41. The highest BCUT2D eigenvalue weighted by molar-refractivity contribution is 7.99. The van der Waals surface area contributed by atoms with Crippen LogP contribution >= 0.6 is 23.1 Å². The van der Waals surface area contributed by atoms with Gasteiger partial charge in [0.15, 0.2) is 4.96 Å². The molecule has 5 nitrogen and oxygen atoms in total. The van der Waals surface area contributed by atoms with Crippen molar-refractivity contribution in [3.63, 3.8) is 0 Å². The zero-order valence-corrected chi connectivity index (χ0v) is 15.1. The van der Waals surface area contributed by atoms with Gasteiger partial charge < -0.3 is 4.90 Å². The van der Waals surface area contributed by atoms with E-state index >= 15 is 0 Å². The molecule has 2 heterocycles. The fraction of sp³-hybridized carbons (Fsp3) is 0.235. The summed E-state index contributed by atoms with van der Waals surface area (Å²) in [5, 5.41) is 1.81. The van der Waals surface area contributed by atoms with Crippen LogP contribution in [0.25, 0.3) is 4.96 Å². The largest absolute Gasteiger partial charge is 0.312 e. The van der Waals surface area contributed by atoms with Gasteiger partial charge in [-0.3, -0.25) is 14.0 Å². The molecule has 1 amide bonds. The topological polar surface area (TPSA) is 54.7 Å². The Morgan fingerprint density at radius 3 is 2.84 bits per heavy atom. The third kappa shape index (κ3) is 4.08.